The summed E-state index contributed by atoms with van der Waals surface area (Å²) in [5.41, 5.74) is 1.11. The van der Waals surface area contributed by atoms with E-state index in [2.05, 4.69) is 20.3 Å². The number of aryl methyl sites for hydroxylation is 2. The summed E-state index contributed by atoms with van der Waals surface area (Å²) >= 11 is 0. The fourth-order valence-electron chi connectivity index (χ4n) is 2.79. The Hall–Kier alpha value is -2.64. The van der Waals surface area contributed by atoms with Crippen LogP contribution < -0.4 is 5.32 Å². The molecule has 2 heterocycles. The van der Waals surface area contributed by atoms with Gasteiger partial charge in [-0.15, -0.1) is 0 Å². The van der Waals surface area contributed by atoms with Gasteiger partial charge in [0.2, 0.25) is 5.95 Å². The van der Waals surface area contributed by atoms with Crippen LogP contribution in [0, 0.1) is 6.92 Å². The number of fused-ring (bicyclic) bond motifs is 1. The van der Waals surface area contributed by atoms with E-state index in [-0.39, 0.29) is 17.7 Å². The van der Waals surface area contributed by atoms with Crippen LogP contribution in [0.15, 0.2) is 30.3 Å². The van der Waals surface area contributed by atoms with E-state index in [4.69, 9.17) is 0 Å². The van der Waals surface area contributed by atoms with Gasteiger partial charge in [0.05, 0.1) is 17.1 Å². The summed E-state index contributed by atoms with van der Waals surface area (Å²) in [7, 11) is 0. The highest BCUT2D eigenvalue weighted by molar-refractivity contribution is 5.76. The number of imidazole rings is 1. The molecular formula is C17H18F3N5. The van der Waals surface area contributed by atoms with Crippen LogP contribution in [0.1, 0.15) is 37.1 Å². The lowest BCUT2D eigenvalue weighted by Gasteiger charge is -2.16. The minimum absolute atomic E-state index is 0.0606. The van der Waals surface area contributed by atoms with Gasteiger partial charge in [-0.2, -0.15) is 13.2 Å². The molecule has 3 rings (SSSR count). The fourth-order valence-corrected chi connectivity index (χ4v) is 2.79. The molecule has 0 amide bonds. The second-order valence-electron chi connectivity index (χ2n) is 5.78. The zero-order valence-electron chi connectivity index (χ0n) is 14.1. The number of benzene rings is 1. The van der Waals surface area contributed by atoms with Crippen molar-refractivity contribution in [1.29, 1.82) is 0 Å². The van der Waals surface area contributed by atoms with Gasteiger partial charge in [-0.05, 0) is 39.0 Å². The van der Waals surface area contributed by atoms with E-state index in [9.17, 15) is 13.2 Å². The first-order valence-electron chi connectivity index (χ1n) is 7.94. The van der Waals surface area contributed by atoms with Crippen molar-refractivity contribution in [2.24, 2.45) is 0 Å². The first kappa shape index (κ1) is 17.2. The number of nitrogens with one attached hydrogen (secondary N) is 1. The molecule has 8 heteroatoms. The monoisotopic (exact) mass is 349 g/mol. The maximum atomic E-state index is 12.9. The Labute approximate surface area is 142 Å². The van der Waals surface area contributed by atoms with Crippen LogP contribution in [0.4, 0.5) is 19.1 Å². The third-order valence-electron chi connectivity index (χ3n) is 3.88. The Morgan fingerprint density at radius 1 is 1.16 bits per heavy atom. The third-order valence-corrected chi connectivity index (χ3v) is 3.88. The van der Waals surface area contributed by atoms with E-state index >= 15 is 0 Å². The van der Waals surface area contributed by atoms with Gasteiger partial charge in [0, 0.05) is 12.2 Å². The Kier molecular flexibility index (Phi) is 4.36. The SMILES string of the molecule is CCn1c(C(C)Nc2nc(C)cc(C(F)(F)F)n2)nc2ccccc21. The standard InChI is InChI=1S/C17H18F3N5/c1-4-25-13-8-6-5-7-12(13)23-15(25)11(3)22-16-21-10(2)9-14(24-16)17(18,19)20/h5-9,11H,4H2,1-3H3,(H,21,22,24). The van der Waals surface area contributed by atoms with Crippen molar-refractivity contribution >= 4 is 17.0 Å². The van der Waals surface area contributed by atoms with E-state index in [1.807, 2.05) is 42.7 Å². The molecule has 25 heavy (non-hydrogen) atoms. The number of nitrogens with zero attached hydrogens (tertiary/aromatic N) is 4. The number of anilines is 1. The van der Waals surface area contributed by atoms with Gasteiger partial charge in [-0.1, -0.05) is 12.1 Å². The fraction of sp³-hybridized carbons (Fsp3) is 0.353. The van der Waals surface area contributed by atoms with Gasteiger partial charge in [0.1, 0.15) is 11.5 Å². The molecular weight excluding hydrogens is 331 g/mol. The van der Waals surface area contributed by atoms with E-state index in [0.29, 0.717) is 6.54 Å². The molecule has 5 nitrogen and oxygen atoms in total. The van der Waals surface area contributed by atoms with Gasteiger partial charge in [-0.25, -0.2) is 15.0 Å². The van der Waals surface area contributed by atoms with E-state index in [1.54, 1.807) is 0 Å². The van der Waals surface area contributed by atoms with Crippen molar-refractivity contribution < 1.29 is 13.2 Å². The number of hydrogen-bond acceptors (Lipinski definition) is 4. The molecule has 1 unspecified atom stereocenters. The minimum Gasteiger partial charge on any atom is -0.345 e. The summed E-state index contributed by atoms with van der Waals surface area (Å²) in [6.07, 6.45) is -4.51. The highest BCUT2D eigenvalue weighted by Crippen LogP contribution is 2.29. The molecule has 1 N–H and O–H groups in total. The largest absolute Gasteiger partial charge is 0.433 e. The number of rotatable bonds is 4. The third kappa shape index (κ3) is 3.42. The average Bonchev–Trinajstić information content (AvgIpc) is 2.92. The lowest BCUT2D eigenvalue weighted by molar-refractivity contribution is -0.141. The van der Waals surface area contributed by atoms with Gasteiger partial charge < -0.3 is 9.88 Å². The van der Waals surface area contributed by atoms with Crippen LogP contribution in [0.5, 0.6) is 0 Å². The van der Waals surface area contributed by atoms with E-state index in [1.165, 1.54) is 6.92 Å². The topological polar surface area (TPSA) is 55.6 Å². The number of aromatic nitrogens is 4. The number of hydrogen-bond donors (Lipinski definition) is 1. The highest BCUT2D eigenvalue weighted by Gasteiger charge is 2.33. The molecule has 0 aliphatic carbocycles. The minimum atomic E-state index is -4.51. The lowest BCUT2D eigenvalue weighted by Crippen LogP contribution is -2.17. The number of halogens is 3. The van der Waals surface area contributed by atoms with E-state index in [0.717, 1.165) is 22.9 Å². The molecule has 1 aromatic carbocycles. The summed E-state index contributed by atoms with van der Waals surface area (Å²) in [5.74, 6) is 0.664. The predicted octanol–water partition coefficient (Wildman–Crippen LogP) is 4.35. The Morgan fingerprint density at radius 2 is 1.88 bits per heavy atom. The molecule has 0 saturated heterocycles. The van der Waals surface area contributed by atoms with Crippen LogP contribution in [0.3, 0.4) is 0 Å². The van der Waals surface area contributed by atoms with Crippen molar-refractivity contribution in [2.45, 2.75) is 39.5 Å². The molecule has 0 radical (unpaired) electrons. The van der Waals surface area contributed by atoms with Gasteiger partial charge in [-0.3, -0.25) is 0 Å². The Balaban J connectivity index is 1.95. The predicted molar refractivity (Wildman–Crippen MR) is 89.2 cm³/mol. The first-order valence-corrected chi connectivity index (χ1v) is 7.94. The van der Waals surface area contributed by atoms with Gasteiger partial charge in [0.15, 0.2) is 0 Å². The zero-order chi connectivity index (χ0) is 18.2. The average molecular weight is 349 g/mol. The molecule has 0 bridgehead atoms. The summed E-state index contributed by atoms with van der Waals surface area (Å²) < 4.78 is 40.8. The van der Waals surface area contributed by atoms with Crippen LogP contribution in [-0.2, 0) is 12.7 Å². The van der Waals surface area contributed by atoms with Crippen molar-refractivity contribution in [3.05, 3.63) is 47.5 Å². The molecule has 1 atom stereocenters. The maximum absolute atomic E-state index is 12.9. The van der Waals surface area contributed by atoms with Crippen molar-refractivity contribution in [2.75, 3.05) is 5.32 Å². The van der Waals surface area contributed by atoms with Gasteiger partial charge in [0.25, 0.3) is 0 Å². The highest BCUT2D eigenvalue weighted by atomic mass is 19.4. The summed E-state index contributed by atoms with van der Waals surface area (Å²) in [6, 6.07) is 8.27. The van der Waals surface area contributed by atoms with Gasteiger partial charge >= 0.3 is 6.18 Å². The zero-order valence-corrected chi connectivity index (χ0v) is 14.1. The maximum Gasteiger partial charge on any atom is 0.433 e. The molecule has 0 fully saturated rings. The van der Waals surface area contributed by atoms with Crippen molar-refractivity contribution in [1.82, 2.24) is 19.5 Å². The Morgan fingerprint density at radius 3 is 2.56 bits per heavy atom. The molecule has 0 aliphatic rings. The molecule has 3 aromatic rings. The molecule has 0 aliphatic heterocycles. The summed E-state index contributed by atoms with van der Waals surface area (Å²) in [4.78, 5) is 12.3. The molecule has 132 valence electrons. The molecule has 0 spiro atoms. The van der Waals surface area contributed by atoms with Crippen LogP contribution in [0.25, 0.3) is 11.0 Å². The quantitative estimate of drug-likeness (QED) is 0.761. The second kappa shape index (κ2) is 6.34. The molecule has 2 aromatic heterocycles. The van der Waals surface area contributed by atoms with Crippen LogP contribution in [-0.4, -0.2) is 19.5 Å². The summed E-state index contributed by atoms with van der Waals surface area (Å²) in [5, 5.41) is 2.94. The Bertz CT molecular complexity index is 901. The van der Waals surface area contributed by atoms with Crippen LogP contribution in [0.2, 0.25) is 0 Å². The number of para-hydroxylation sites is 2. The first-order chi connectivity index (χ1) is 11.8. The van der Waals surface area contributed by atoms with E-state index < -0.39 is 11.9 Å². The van der Waals surface area contributed by atoms with Crippen molar-refractivity contribution in [3.63, 3.8) is 0 Å². The smallest absolute Gasteiger partial charge is 0.345 e. The molecule has 0 saturated carbocycles. The van der Waals surface area contributed by atoms with Crippen molar-refractivity contribution in [3.8, 4) is 0 Å². The number of alkyl halides is 3. The second-order valence-corrected chi connectivity index (χ2v) is 5.78. The summed E-state index contributed by atoms with van der Waals surface area (Å²) in [6.45, 7) is 6.03. The normalized spacial score (nSPS) is 13.2. The van der Waals surface area contributed by atoms with Crippen LogP contribution >= 0.6 is 0 Å². The lowest BCUT2D eigenvalue weighted by atomic mass is 10.3.